The van der Waals surface area contributed by atoms with Crippen molar-refractivity contribution in [1.82, 2.24) is 0 Å². The van der Waals surface area contributed by atoms with E-state index in [0.717, 1.165) is 6.07 Å². The highest BCUT2D eigenvalue weighted by Gasteiger charge is 2.31. The van der Waals surface area contributed by atoms with Gasteiger partial charge >= 0.3 is 5.97 Å². The summed E-state index contributed by atoms with van der Waals surface area (Å²) in [7, 11) is 0. The normalized spacial score (nSPS) is 14.7. The van der Waals surface area contributed by atoms with Crippen molar-refractivity contribution in [2.24, 2.45) is 5.73 Å². The zero-order valence-electron chi connectivity index (χ0n) is 16.3. The molecule has 1 heterocycles. The summed E-state index contributed by atoms with van der Waals surface area (Å²) in [6, 6.07) is 17.7. The molecule has 0 amide bonds. The lowest BCUT2D eigenvalue weighted by molar-refractivity contribution is -0.384. The number of esters is 1. The molecule has 0 saturated heterocycles. The zero-order chi connectivity index (χ0) is 22.8. The van der Waals surface area contributed by atoms with E-state index in [0.29, 0.717) is 11.1 Å². The van der Waals surface area contributed by atoms with Crippen LogP contribution in [0.2, 0.25) is 0 Å². The van der Waals surface area contributed by atoms with Crippen LogP contribution in [0.1, 0.15) is 27.4 Å². The fraction of sp³-hybridized carbons (Fsp3) is 0.0435. The minimum atomic E-state index is -0.882. The molecule has 0 bridgehead atoms. The molecule has 158 valence electrons. The Morgan fingerprint density at radius 1 is 1.16 bits per heavy atom. The van der Waals surface area contributed by atoms with E-state index in [9.17, 15) is 24.6 Å². The van der Waals surface area contributed by atoms with Gasteiger partial charge in [0.05, 0.1) is 16.4 Å². The maximum Gasteiger partial charge on any atom is 0.346 e. The Bertz CT molecular complexity index is 1310. The molecule has 1 aliphatic heterocycles. The number of ether oxygens (including phenoxy) is 2. The molecule has 1 unspecified atom stereocenters. The number of allylic oxidation sites excluding steroid dienone is 1. The number of fused-ring (bicyclic) bond motifs is 1. The molecule has 0 radical (unpaired) electrons. The molecule has 1 aliphatic rings. The number of carbonyl (C=O) groups excluding carboxylic acids is 1. The summed E-state index contributed by atoms with van der Waals surface area (Å²) in [6.07, 6.45) is 0. The van der Waals surface area contributed by atoms with Crippen LogP contribution in [-0.4, -0.2) is 10.9 Å². The fourth-order valence-corrected chi connectivity index (χ4v) is 3.42. The third-order valence-electron chi connectivity index (χ3n) is 4.93. The van der Waals surface area contributed by atoms with Gasteiger partial charge in [-0.25, -0.2) is 9.18 Å². The second-order valence-electron chi connectivity index (χ2n) is 6.84. The Labute approximate surface area is 181 Å². The number of non-ortho nitro benzene ring substituents is 1. The predicted octanol–water partition coefficient (Wildman–Crippen LogP) is 4.17. The van der Waals surface area contributed by atoms with E-state index in [4.69, 9.17) is 15.2 Å². The molecule has 3 aromatic rings. The predicted molar refractivity (Wildman–Crippen MR) is 110 cm³/mol. The van der Waals surface area contributed by atoms with Crippen molar-refractivity contribution in [2.45, 2.75) is 5.92 Å². The number of rotatable bonds is 4. The number of benzene rings is 3. The number of nitrogens with zero attached hydrogens (tertiary/aromatic N) is 2. The first-order valence-electron chi connectivity index (χ1n) is 9.31. The third-order valence-corrected chi connectivity index (χ3v) is 4.93. The lowest BCUT2D eigenvalue weighted by Crippen LogP contribution is -2.21. The molecule has 0 spiro atoms. The number of carbonyl (C=O) groups is 1. The van der Waals surface area contributed by atoms with Gasteiger partial charge in [0, 0.05) is 23.8 Å². The molecular formula is C23H14FN3O5. The van der Waals surface area contributed by atoms with Gasteiger partial charge in [-0.15, -0.1) is 0 Å². The lowest BCUT2D eigenvalue weighted by atomic mass is 9.83. The number of halogens is 1. The van der Waals surface area contributed by atoms with Crippen molar-refractivity contribution in [3.8, 4) is 17.6 Å². The Morgan fingerprint density at radius 3 is 2.53 bits per heavy atom. The van der Waals surface area contributed by atoms with Gasteiger partial charge in [0.2, 0.25) is 5.88 Å². The van der Waals surface area contributed by atoms with Crippen LogP contribution >= 0.6 is 0 Å². The number of hydrogen-bond acceptors (Lipinski definition) is 7. The summed E-state index contributed by atoms with van der Waals surface area (Å²) in [4.78, 5) is 22.7. The smallest absolute Gasteiger partial charge is 0.346 e. The van der Waals surface area contributed by atoms with E-state index in [1.54, 1.807) is 6.07 Å². The SMILES string of the molecule is N#CC1=C(N)Oc2cc(OC(=O)c3ccccc3F)ccc2C1c1ccc([N+](=O)[O-])cc1. The van der Waals surface area contributed by atoms with Gasteiger partial charge < -0.3 is 15.2 Å². The van der Waals surface area contributed by atoms with Gasteiger partial charge in [-0.3, -0.25) is 10.1 Å². The second-order valence-corrected chi connectivity index (χ2v) is 6.84. The average molecular weight is 431 g/mol. The highest BCUT2D eigenvalue weighted by atomic mass is 19.1. The Morgan fingerprint density at radius 2 is 1.88 bits per heavy atom. The maximum absolute atomic E-state index is 13.8. The number of nitro groups is 1. The van der Waals surface area contributed by atoms with Crippen LogP contribution in [0.3, 0.4) is 0 Å². The van der Waals surface area contributed by atoms with Crippen LogP contribution < -0.4 is 15.2 Å². The van der Waals surface area contributed by atoms with E-state index < -0.39 is 22.6 Å². The minimum absolute atomic E-state index is 0.0904. The average Bonchev–Trinajstić information content (AvgIpc) is 2.78. The van der Waals surface area contributed by atoms with Crippen molar-refractivity contribution in [3.63, 3.8) is 0 Å². The van der Waals surface area contributed by atoms with Gasteiger partial charge in [-0.2, -0.15) is 5.26 Å². The summed E-state index contributed by atoms with van der Waals surface area (Å²) >= 11 is 0. The van der Waals surface area contributed by atoms with Crippen molar-refractivity contribution >= 4 is 11.7 Å². The number of nitriles is 1. The van der Waals surface area contributed by atoms with E-state index in [1.807, 2.05) is 6.07 Å². The molecule has 32 heavy (non-hydrogen) atoms. The molecule has 9 heteroatoms. The zero-order valence-corrected chi connectivity index (χ0v) is 16.3. The first-order chi connectivity index (χ1) is 15.4. The summed E-state index contributed by atoms with van der Waals surface area (Å²) in [6.45, 7) is 0. The highest BCUT2D eigenvalue weighted by Crippen LogP contribution is 2.43. The van der Waals surface area contributed by atoms with Gasteiger partial charge in [0.15, 0.2) is 0 Å². The third kappa shape index (κ3) is 3.73. The molecule has 0 fully saturated rings. The molecular weight excluding hydrogens is 417 g/mol. The van der Waals surface area contributed by atoms with Crippen molar-refractivity contribution in [1.29, 1.82) is 5.26 Å². The van der Waals surface area contributed by atoms with Crippen LogP contribution in [0.5, 0.6) is 11.5 Å². The quantitative estimate of drug-likeness (QED) is 0.284. The summed E-state index contributed by atoms with van der Waals surface area (Å²) in [5.41, 5.74) is 6.92. The Kier molecular flexibility index (Phi) is 5.27. The fourth-order valence-electron chi connectivity index (χ4n) is 3.42. The molecule has 8 nitrogen and oxygen atoms in total. The van der Waals surface area contributed by atoms with E-state index in [-0.39, 0.29) is 34.2 Å². The lowest BCUT2D eigenvalue weighted by Gasteiger charge is -2.26. The van der Waals surface area contributed by atoms with Gasteiger partial charge in [-0.05, 0) is 23.8 Å². The largest absolute Gasteiger partial charge is 0.440 e. The van der Waals surface area contributed by atoms with Crippen LogP contribution in [0.25, 0.3) is 0 Å². The highest BCUT2D eigenvalue weighted by molar-refractivity contribution is 5.91. The van der Waals surface area contributed by atoms with Gasteiger partial charge in [0.25, 0.3) is 5.69 Å². The van der Waals surface area contributed by atoms with Crippen molar-refractivity contribution < 1.29 is 23.6 Å². The van der Waals surface area contributed by atoms with E-state index in [1.165, 1.54) is 54.6 Å². The molecule has 3 aromatic carbocycles. The summed E-state index contributed by atoms with van der Waals surface area (Å²) in [5, 5.41) is 20.6. The summed E-state index contributed by atoms with van der Waals surface area (Å²) < 4.78 is 24.7. The van der Waals surface area contributed by atoms with E-state index >= 15 is 0 Å². The maximum atomic E-state index is 13.8. The van der Waals surface area contributed by atoms with Gasteiger partial charge in [-0.1, -0.05) is 30.3 Å². The van der Waals surface area contributed by atoms with Crippen LogP contribution in [0, 0.1) is 27.3 Å². The van der Waals surface area contributed by atoms with Gasteiger partial charge in [0.1, 0.15) is 29.0 Å². The van der Waals surface area contributed by atoms with Crippen molar-refractivity contribution in [2.75, 3.05) is 0 Å². The Balaban J connectivity index is 1.70. The van der Waals surface area contributed by atoms with Crippen LogP contribution in [0.4, 0.5) is 10.1 Å². The Hall–Kier alpha value is -4.71. The second kappa shape index (κ2) is 8.20. The number of nitro benzene ring substituents is 1. The summed E-state index contributed by atoms with van der Waals surface area (Å²) in [5.74, 6) is -2.04. The number of hydrogen-bond donors (Lipinski definition) is 1. The molecule has 4 rings (SSSR count). The molecule has 0 aliphatic carbocycles. The van der Waals surface area contributed by atoms with Crippen molar-refractivity contribution in [3.05, 3.63) is 111 Å². The minimum Gasteiger partial charge on any atom is -0.440 e. The van der Waals surface area contributed by atoms with Crippen LogP contribution in [0.15, 0.2) is 78.2 Å². The molecule has 1 atom stereocenters. The topological polar surface area (TPSA) is 128 Å². The monoisotopic (exact) mass is 431 g/mol. The van der Waals surface area contributed by atoms with Crippen LogP contribution in [-0.2, 0) is 0 Å². The molecule has 2 N–H and O–H groups in total. The molecule has 0 saturated carbocycles. The standard InChI is InChI=1S/C23H14FN3O5/c24-19-4-2-1-3-16(19)23(28)31-15-9-10-17-20(11-15)32-22(26)18(12-25)21(17)13-5-7-14(8-6-13)27(29)30/h1-11,21H,26H2. The van der Waals surface area contributed by atoms with E-state index in [2.05, 4.69) is 0 Å². The number of nitrogens with two attached hydrogens (primary N) is 1. The first-order valence-corrected chi connectivity index (χ1v) is 9.31. The first kappa shape index (κ1) is 20.6. The molecule has 0 aromatic heterocycles.